The zero-order chi connectivity index (χ0) is 24.9. The van der Waals surface area contributed by atoms with Crippen LogP contribution in [0.3, 0.4) is 0 Å². The van der Waals surface area contributed by atoms with Crippen LogP contribution in [0.25, 0.3) is 21.5 Å². The molecule has 8 heteroatoms. The number of piperidine rings is 1. The van der Waals surface area contributed by atoms with Crippen LogP contribution in [0.1, 0.15) is 59.3 Å². The number of hydrazine groups is 1. The number of aromatic nitrogens is 1. The fourth-order valence-electron chi connectivity index (χ4n) is 4.43. The molecule has 7 nitrogen and oxygen atoms in total. The molecule has 0 saturated carbocycles. The van der Waals surface area contributed by atoms with Crippen LogP contribution in [0.4, 0.5) is 5.69 Å². The summed E-state index contributed by atoms with van der Waals surface area (Å²) >= 11 is 1.37. The second-order valence-corrected chi connectivity index (χ2v) is 10.0. The Morgan fingerprint density at radius 3 is 2.64 bits per heavy atom. The minimum absolute atomic E-state index is 0.0849. The van der Waals surface area contributed by atoms with Gasteiger partial charge in [-0.25, -0.2) is 9.99 Å². The van der Waals surface area contributed by atoms with E-state index in [2.05, 4.69) is 22.2 Å². The number of hydrogen-bond acceptors (Lipinski definition) is 6. The van der Waals surface area contributed by atoms with Crippen molar-refractivity contribution in [3.8, 4) is 11.3 Å². The van der Waals surface area contributed by atoms with E-state index in [-0.39, 0.29) is 11.8 Å². The zero-order valence-corrected chi connectivity index (χ0v) is 21.2. The van der Waals surface area contributed by atoms with Crippen LogP contribution in [-0.2, 0) is 0 Å². The topological polar surface area (TPSA) is 78.7 Å². The molecular weight excluding hydrogens is 472 g/mol. The largest absolute Gasteiger partial charge is 0.451 e. The van der Waals surface area contributed by atoms with Gasteiger partial charge in [-0.05, 0) is 67.8 Å². The van der Waals surface area contributed by atoms with Gasteiger partial charge in [-0.3, -0.25) is 14.6 Å². The Balaban J connectivity index is 1.26. The van der Waals surface area contributed by atoms with Gasteiger partial charge in [-0.15, -0.1) is 11.3 Å². The van der Waals surface area contributed by atoms with Gasteiger partial charge in [0.2, 0.25) is 0 Å². The van der Waals surface area contributed by atoms with E-state index < -0.39 is 0 Å². The molecular formula is C28H30N4O3S. The van der Waals surface area contributed by atoms with Gasteiger partial charge >= 0.3 is 5.91 Å². The molecule has 1 N–H and O–H groups in total. The van der Waals surface area contributed by atoms with E-state index in [4.69, 9.17) is 4.42 Å². The van der Waals surface area contributed by atoms with E-state index in [0.29, 0.717) is 28.6 Å². The van der Waals surface area contributed by atoms with Gasteiger partial charge in [0.25, 0.3) is 5.91 Å². The van der Waals surface area contributed by atoms with Gasteiger partial charge in [-0.1, -0.05) is 25.8 Å². The Morgan fingerprint density at radius 1 is 1.08 bits per heavy atom. The second kappa shape index (κ2) is 11.1. The fourth-order valence-corrected chi connectivity index (χ4v) is 5.33. The molecule has 0 spiro atoms. The quantitative estimate of drug-likeness (QED) is 0.299. The predicted octanol–water partition coefficient (Wildman–Crippen LogP) is 6.45. The predicted molar refractivity (Wildman–Crippen MR) is 143 cm³/mol. The third kappa shape index (κ3) is 5.34. The van der Waals surface area contributed by atoms with E-state index in [1.165, 1.54) is 17.8 Å². The molecule has 2 amide bonds. The van der Waals surface area contributed by atoms with E-state index in [1.54, 1.807) is 12.3 Å². The molecule has 0 aliphatic carbocycles. The van der Waals surface area contributed by atoms with Crippen LogP contribution in [0.5, 0.6) is 0 Å². The first-order chi connectivity index (χ1) is 17.6. The van der Waals surface area contributed by atoms with Crippen molar-refractivity contribution < 1.29 is 14.0 Å². The molecule has 186 valence electrons. The van der Waals surface area contributed by atoms with E-state index in [1.807, 2.05) is 53.5 Å². The first kappa shape index (κ1) is 24.2. The SMILES string of the molecule is CCCCN(C(=O)c1ccc(-c2ccc(NC(=O)c3cc4cccnc4s3)cc2)o1)N1CCCCC1. The molecule has 1 aliphatic heterocycles. The van der Waals surface area contributed by atoms with Crippen LogP contribution in [0.2, 0.25) is 0 Å². The van der Waals surface area contributed by atoms with Crippen molar-refractivity contribution in [1.82, 2.24) is 15.0 Å². The molecule has 0 atom stereocenters. The van der Waals surface area contributed by atoms with Crippen molar-refractivity contribution >= 4 is 39.1 Å². The standard InChI is InChI=1S/C28H30N4O3S/c1-2-3-18-32(31-16-5-4-6-17-31)28(34)24-14-13-23(35-24)20-9-11-22(12-10-20)30-26(33)25-19-21-8-7-15-29-27(21)36-25/h7-15,19H,2-6,16-18H2,1H3,(H,30,33). The zero-order valence-electron chi connectivity index (χ0n) is 20.4. The van der Waals surface area contributed by atoms with E-state index in [0.717, 1.165) is 54.6 Å². The highest BCUT2D eigenvalue weighted by Gasteiger charge is 2.26. The molecule has 5 rings (SSSR count). The van der Waals surface area contributed by atoms with Gasteiger partial charge < -0.3 is 9.73 Å². The molecule has 4 heterocycles. The normalized spacial score (nSPS) is 14.1. The van der Waals surface area contributed by atoms with Gasteiger partial charge in [0, 0.05) is 42.5 Å². The third-order valence-electron chi connectivity index (χ3n) is 6.39. The first-order valence-electron chi connectivity index (χ1n) is 12.6. The van der Waals surface area contributed by atoms with Crippen molar-refractivity contribution in [2.75, 3.05) is 25.0 Å². The van der Waals surface area contributed by atoms with E-state index >= 15 is 0 Å². The molecule has 1 aliphatic rings. The lowest BCUT2D eigenvalue weighted by Gasteiger charge is -2.37. The Kier molecular flexibility index (Phi) is 7.44. The highest BCUT2D eigenvalue weighted by Crippen LogP contribution is 2.27. The maximum atomic E-state index is 13.3. The number of unbranched alkanes of at least 4 members (excludes halogenated alkanes) is 1. The number of nitrogens with one attached hydrogen (secondary N) is 1. The van der Waals surface area contributed by atoms with Gasteiger partial charge in [0.05, 0.1) is 4.88 Å². The van der Waals surface area contributed by atoms with E-state index in [9.17, 15) is 9.59 Å². The Bertz CT molecular complexity index is 1310. The Morgan fingerprint density at radius 2 is 1.89 bits per heavy atom. The van der Waals surface area contributed by atoms with Crippen LogP contribution < -0.4 is 5.32 Å². The first-order valence-corrected chi connectivity index (χ1v) is 13.4. The summed E-state index contributed by atoms with van der Waals surface area (Å²) in [6, 6.07) is 16.7. The summed E-state index contributed by atoms with van der Waals surface area (Å²) in [6.07, 6.45) is 7.16. The summed E-state index contributed by atoms with van der Waals surface area (Å²) in [5, 5.41) is 7.94. The van der Waals surface area contributed by atoms with Crippen LogP contribution >= 0.6 is 11.3 Å². The maximum Gasteiger partial charge on any atom is 0.303 e. The molecule has 1 aromatic carbocycles. The van der Waals surface area contributed by atoms with Crippen molar-refractivity contribution in [3.05, 3.63) is 71.4 Å². The summed E-state index contributed by atoms with van der Waals surface area (Å²) in [7, 11) is 0. The molecule has 3 aromatic heterocycles. The smallest absolute Gasteiger partial charge is 0.303 e. The average Bonchev–Trinajstić information content (AvgIpc) is 3.58. The highest BCUT2D eigenvalue weighted by atomic mass is 32.1. The fraction of sp³-hybridized carbons (Fsp3) is 0.321. The number of carbonyl (C=O) groups is 2. The molecule has 0 bridgehead atoms. The number of nitrogens with zero attached hydrogens (tertiary/aromatic N) is 3. The summed E-state index contributed by atoms with van der Waals surface area (Å²) in [6.45, 7) is 4.66. The van der Waals surface area contributed by atoms with Gasteiger partial charge in [0.15, 0.2) is 5.76 Å². The number of fused-ring (bicyclic) bond motifs is 1. The Hall–Kier alpha value is -3.49. The molecule has 1 saturated heterocycles. The second-order valence-electron chi connectivity index (χ2n) is 9.00. The van der Waals surface area contributed by atoms with Crippen molar-refractivity contribution in [3.63, 3.8) is 0 Å². The number of pyridine rings is 1. The monoisotopic (exact) mass is 502 g/mol. The van der Waals surface area contributed by atoms with Crippen molar-refractivity contribution in [2.45, 2.75) is 39.0 Å². The van der Waals surface area contributed by atoms with Gasteiger partial charge in [0.1, 0.15) is 10.6 Å². The lowest BCUT2D eigenvalue weighted by atomic mass is 10.1. The summed E-state index contributed by atoms with van der Waals surface area (Å²) in [4.78, 5) is 31.8. The van der Waals surface area contributed by atoms with Crippen molar-refractivity contribution in [1.29, 1.82) is 0 Å². The summed E-state index contributed by atoms with van der Waals surface area (Å²) in [5.74, 6) is 0.725. The number of benzene rings is 1. The minimum Gasteiger partial charge on any atom is -0.451 e. The number of furan rings is 1. The molecule has 0 unspecified atom stereocenters. The maximum absolute atomic E-state index is 13.3. The number of anilines is 1. The van der Waals surface area contributed by atoms with Crippen LogP contribution in [-0.4, -0.2) is 46.5 Å². The number of thiophene rings is 1. The van der Waals surface area contributed by atoms with Crippen molar-refractivity contribution in [2.24, 2.45) is 0 Å². The number of rotatable bonds is 8. The van der Waals surface area contributed by atoms with Crippen LogP contribution in [0.15, 0.2) is 65.2 Å². The number of hydrogen-bond donors (Lipinski definition) is 1. The number of amides is 2. The molecule has 4 aromatic rings. The number of carbonyl (C=O) groups excluding carboxylic acids is 2. The molecule has 36 heavy (non-hydrogen) atoms. The van der Waals surface area contributed by atoms with Crippen LogP contribution in [0, 0.1) is 0 Å². The summed E-state index contributed by atoms with van der Waals surface area (Å²) < 4.78 is 6.00. The minimum atomic E-state index is -0.165. The highest BCUT2D eigenvalue weighted by molar-refractivity contribution is 7.20. The average molecular weight is 503 g/mol. The summed E-state index contributed by atoms with van der Waals surface area (Å²) in [5.41, 5.74) is 1.53. The lowest BCUT2D eigenvalue weighted by Crippen LogP contribution is -2.49. The molecule has 0 radical (unpaired) electrons. The third-order valence-corrected chi connectivity index (χ3v) is 7.45. The molecule has 1 fully saturated rings. The Labute approximate surface area is 214 Å². The van der Waals surface area contributed by atoms with Gasteiger partial charge in [-0.2, -0.15) is 0 Å². The lowest BCUT2D eigenvalue weighted by molar-refractivity contribution is -0.0240.